The van der Waals surface area contributed by atoms with E-state index in [1.165, 1.54) is 19.2 Å². The van der Waals surface area contributed by atoms with Gasteiger partial charge in [0.25, 0.3) is 15.9 Å². The molecule has 0 saturated heterocycles. The molecule has 0 aliphatic heterocycles. The zero-order chi connectivity index (χ0) is 18.6. The molecule has 0 bridgehead atoms. The van der Waals surface area contributed by atoms with Crippen LogP contribution >= 0.6 is 11.6 Å². The van der Waals surface area contributed by atoms with Gasteiger partial charge >= 0.3 is 6.61 Å². The van der Waals surface area contributed by atoms with Crippen LogP contribution in [0.2, 0.25) is 5.02 Å². The molecule has 25 heavy (non-hydrogen) atoms. The molecule has 0 radical (unpaired) electrons. The highest BCUT2D eigenvalue weighted by Gasteiger charge is 2.20. The average Bonchev–Trinajstić information content (AvgIpc) is 2.55. The van der Waals surface area contributed by atoms with E-state index < -0.39 is 22.5 Å². The molecule has 2 rings (SSSR count). The second-order valence-corrected chi connectivity index (χ2v) is 6.79. The first-order valence-corrected chi connectivity index (χ1v) is 8.69. The Morgan fingerprint density at radius 2 is 1.88 bits per heavy atom. The van der Waals surface area contributed by atoms with Crippen molar-refractivity contribution in [3.8, 4) is 5.75 Å². The molecule has 0 unspecified atom stereocenters. The van der Waals surface area contributed by atoms with Crippen molar-refractivity contribution in [1.29, 1.82) is 0 Å². The summed E-state index contributed by atoms with van der Waals surface area (Å²) >= 11 is 5.77. The summed E-state index contributed by atoms with van der Waals surface area (Å²) in [5.74, 6) is -0.821. The van der Waals surface area contributed by atoms with E-state index in [-0.39, 0.29) is 26.9 Å². The summed E-state index contributed by atoms with van der Waals surface area (Å²) in [6.45, 7) is -3.09. The molecule has 0 aliphatic rings. The summed E-state index contributed by atoms with van der Waals surface area (Å²) in [6, 6.07) is 9.06. The summed E-state index contributed by atoms with van der Waals surface area (Å²) < 4.78 is 55.8. The van der Waals surface area contributed by atoms with E-state index in [9.17, 15) is 22.0 Å². The first-order valence-electron chi connectivity index (χ1n) is 6.83. The van der Waals surface area contributed by atoms with Crippen LogP contribution < -0.4 is 14.8 Å². The Morgan fingerprint density at radius 1 is 1.20 bits per heavy atom. The van der Waals surface area contributed by atoms with Crippen molar-refractivity contribution in [3.05, 3.63) is 53.1 Å². The predicted molar refractivity (Wildman–Crippen MR) is 88.7 cm³/mol. The fourth-order valence-corrected chi connectivity index (χ4v) is 3.34. The van der Waals surface area contributed by atoms with E-state index in [2.05, 4.69) is 14.8 Å². The number of carbonyl (C=O) groups is 1. The van der Waals surface area contributed by atoms with Crippen molar-refractivity contribution >= 4 is 33.2 Å². The number of alkyl halides is 2. The Labute approximate surface area is 147 Å². The summed E-state index contributed by atoms with van der Waals surface area (Å²) in [5.41, 5.74) is 0.184. The van der Waals surface area contributed by atoms with Gasteiger partial charge in [-0.3, -0.25) is 9.52 Å². The van der Waals surface area contributed by atoms with Crippen LogP contribution in [0.1, 0.15) is 10.4 Å². The number of ether oxygens (including phenoxy) is 1. The van der Waals surface area contributed by atoms with Crippen LogP contribution in [0.3, 0.4) is 0 Å². The zero-order valence-corrected chi connectivity index (χ0v) is 14.4. The van der Waals surface area contributed by atoms with Crippen LogP contribution in [-0.2, 0) is 10.0 Å². The maximum atomic E-state index is 12.5. The second-order valence-electron chi connectivity index (χ2n) is 4.70. The number of nitrogens with one attached hydrogen (secondary N) is 2. The van der Waals surface area contributed by atoms with E-state index >= 15 is 0 Å². The minimum atomic E-state index is -4.10. The number of para-hydroxylation sites is 1. The van der Waals surface area contributed by atoms with Crippen molar-refractivity contribution in [1.82, 2.24) is 5.32 Å². The quantitative estimate of drug-likeness (QED) is 0.793. The van der Waals surface area contributed by atoms with Gasteiger partial charge in [0.05, 0.1) is 21.2 Å². The van der Waals surface area contributed by atoms with Gasteiger partial charge in [-0.2, -0.15) is 8.78 Å². The minimum absolute atomic E-state index is 0.0610. The van der Waals surface area contributed by atoms with Crippen LogP contribution in [0, 0.1) is 0 Å². The number of hydrogen-bond donors (Lipinski definition) is 2. The fourth-order valence-electron chi connectivity index (χ4n) is 1.95. The average molecular weight is 391 g/mol. The lowest BCUT2D eigenvalue weighted by molar-refractivity contribution is -0.0498. The van der Waals surface area contributed by atoms with Gasteiger partial charge in [0, 0.05) is 7.05 Å². The highest BCUT2D eigenvalue weighted by molar-refractivity contribution is 7.92. The first-order chi connectivity index (χ1) is 11.7. The van der Waals surface area contributed by atoms with Crippen molar-refractivity contribution in [2.24, 2.45) is 0 Å². The van der Waals surface area contributed by atoms with E-state index in [0.717, 1.165) is 18.2 Å². The number of sulfonamides is 1. The summed E-state index contributed by atoms with van der Waals surface area (Å²) in [5, 5.41) is 2.11. The van der Waals surface area contributed by atoms with Crippen LogP contribution in [0.4, 0.5) is 14.5 Å². The molecular formula is C15H13ClF2N2O4S. The van der Waals surface area contributed by atoms with E-state index in [1.807, 2.05) is 0 Å². The zero-order valence-electron chi connectivity index (χ0n) is 12.8. The van der Waals surface area contributed by atoms with Crippen LogP contribution in [0.25, 0.3) is 0 Å². The molecule has 10 heteroatoms. The van der Waals surface area contributed by atoms with Gasteiger partial charge in [-0.05, 0) is 30.3 Å². The molecule has 6 nitrogen and oxygen atoms in total. The monoisotopic (exact) mass is 390 g/mol. The number of rotatable bonds is 6. The standard InChI is InChI=1S/C15H13ClF2N2O4S/c1-19-14(21)10-4-2-3-5-12(10)20-25(22,23)9-6-7-13(11(16)8-9)24-15(17)18/h2-8,15,20H,1H3,(H,19,21). The lowest BCUT2D eigenvalue weighted by atomic mass is 10.2. The van der Waals surface area contributed by atoms with Crippen molar-refractivity contribution in [2.75, 3.05) is 11.8 Å². The number of anilines is 1. The smallest absolute Gasteiger partial charge is 0.387 e. The highest BCUT2D eigenvalue weighted by Crippen LogP contribution is 2.29. The minimum Gasteiger partial charge on any atom is -0.433 e. The summed E-state index contributed by atoms with van der Waals surface area (Å²) in [7, 11) is -2.69. The molecule has 1 amide bonds. The SMILES string of the molecule is CNC(=O)c1ccccc1NS(=O)(=O)c1ccc(OC(F)F)c(Cl)c1. The van der Waals surface area contributed by atoms with E-state index in [1.54, 1.807) is 12.1 Å². The van der Waals surface area contributed by atoms with Crippen LogP contribution in [-0.4, -0.2) is 28.0 Å². The highest BCUT2D eigenvalue weighted by atomic mass is 35.5. The van der Waals surface area contributed by atoms with Crippen molar-refractivity contribution in [3.63, 3.8) is 0 Å². The molecular weight excluding hydrogens is 378 g/mol. The Kier molecular flexibility index (Phi) is 5.81. The molecule has 0 saturated carbocycles. The molecule has 0 aromatic heterocycles. The van der Waals surface area contributed by atoms with Gasteiger partial charge in [0.1, 0.15) is 5.75 Å². The Hall–Kier alpha value is -2.39. The third-order valence-corrected chi connectivity index (χ3v) is 4.73. The molecule has 0 fully saturated rings. The topological polar surface area (TPSA) is 84.5 Å². The molecule has 0 atom stereocenters. The van der Waals surface area contributed by atoms with E-state index in [4.69, 9.17) is 11.6 Å². The number of hydrogen-bond acceptors (Lipinski definition) is 4. The lowest BCUT2D eigenvalue weighted by Crippen LogP contribution is -2.21. The van der Waals surface area contributed by atoms with Gasteiger partial charge in [-0.25, -0.2) is 8.42 Å². The molecule has 2 aromatic carbocycles. The van der Waals surface area contributed by atoms with Gasteiger partial charge in [0.2, 0.25) is 0 Å². The Bertz CT molecular complexity index is 891. The second kappa shape index (κ2) is 7.66. The molecule has 2 N–H and O–H groups in total. The summed E-state index contributed by atoms with van der Waals surface area (Å²) in [6.07, 6.45) is 0. The maximum absolute atomic E-state index is 12.5. The molecule has 0 spiro atoms. The normalized spacial score (nSPS) is 11.2. The largest absolute Gasteiger partial charge is 0.433 e. The third-order valence-electron chi connectivity index (χ3n) is 3.07. The number of halogens is 3. The van der Waals surface area contributed by atoms with Crippen molar-refractivity contribution < 1.29 is 26.7 Å². The number of amides is 1. The van der Waals surface area contributed by atoms with Gasteiger partial charge in [0.15, 0.2) is 0 Å². The van der Waals surface area contributed by atoms with Crippen molar-refractivity contribution in [2.45, 2.75) is 11.5 Å². The van der Waals surface area contributed by atoms with E-state index in [0.29, 0.717) is 0 Å². The number of carbonyl (C=O) groups excluding carboxylic acids is 1. The third kappa shape index (κ3) is 4.58. The fraction of sp³-hybridized carbons (Fsp3) is 0.133. The number of benzene rings is 2. The van der Waals surface area contributed by atoms with Gasteiger partial charge < -0.3 is 10.1 Å². The molecule has 134 valence electrons. The van der Waals surface area contributed by atoms with Crippen LogP contribution in [0.15, 0.2) is 47.4 Å². The summed E-state index contributed by atoms with van der Waals surface area (Å²) in [4.78, 5) is 11.5. The predicted octanol–water partition coefficient (Wildman–Crippen LogP) is 3.10. The van der Waals surface area contributed by atoms with Gasteiger partial charge in [-0.15, -0.1) is 0 Å². The molecule has 0 aliphatic carbocycles. The Morgan fingerprint density at radius 3 is 2.48 bits per heavy atom. The Balaban J connectivity index is 2.35. The lowest BCUT2D eigenvalue weighted by Gasteiger charge is -2.13. The first kappa shape index (κ1) is 18.9. The molecule has 2 aromatic rings. The van der Waals surface area contributed by atoms with Gasteiger partial charge in [-0.1, -0.05) is 23.7 Å². The maximum Gasteiger partial charge on any atom is 0.387 e. The van der Waals surface area contributed by atoms with Crippen LogP contribution in [0.5, 0.6) is 5.75 Å². The molecule has 0 heterocycles.